The van der Waals surface area contributed by atoms with Crippen LogP contribution in [0, 0.1) is 11.8 Å². The molecule has 1 heterocycles. The largest absolute Gasteiger partial charge is 0.481 e. The molecule has 0 aromatic heterocycles. The minimum atomic E-state index is -0.774. The summed E-state index contributed by atoms with van der Waals surface area (Å²) in [7, 11) is 0. The first-order valence-electron chi connectivity index (χ1n) is 5.85. The van der Waals surface area contributed by atoms with Crippen LogP contribution >= 0.6 is 0 Å². The first-order chi connectivity index (χ1) is 7.65. The molecule has 1 amide bonds. The van der Waals surface area contributed by atoms with E-state index in [-0.39, 0.29) is 18.2 Å². The average molecular weight is 226 g/mol. The van der Waals surface area contributed by atoms with E-state index in [0.29, 0.717) is 19.6 Å². The lowest BCUT2D eigenvalue weighted by Gasteiger charge is -2.38. The Morgan fingerprint density at radius 2 is 1.94 bits per heavy atom. The van der Waals surface area contributed by atoms with Gasteiger partial charge in [0.15, 0.2) is 0 Å². The monoisotopic (exact) mass is 226 g/mol. The van der Waals surface area contributed by atoms with Gasteiger partial charge >= 0.3 is 5.97 Å². The third-order valence-corrected chi connectivity index (χ3v) is 3.18. The molecule has 2 fully saturated rings. The second-order valence-corrected chi connectivity index (χ2v) is 4.84. The summed E-state index contributed by atoms with van der Waals surface area (Å²) in [5, 5.41) is 11.7. The van der Waals surface area contributed by atoms with Crippen molar-refractivity contribution in [3.05, 3.63) is 0 Å². The van der Waals surface area contributed by atoms with E-state index in [1.54, 1.807) is 4.90 Å². The fourth-order valence-corrected chi connectivity index (χ4v) is 1.97. The van der Waals surface area contributed by atoms with Gasteiger partial charge in [0.2, 0.25) is 5.91 Å². The van der Waals surface area contributed by atoms with E-state index in [4.69, 9.17) is 5.11 Å². The third-order valence-electron chi connectivity index (χ3n) is 3.18. The number of nitrogens with one attached hydrogen (secondary N) is 1. The van der Waals surface area contributed by atoms with E-state index in [0.717, 1.165) is 12.5 Å². The van der Waals surface area contributed by atoms with Crippen LogP contribution in [0.1, 0.15) is 19.3 Å². The molecule has 0 aromatic rings. The molecule has 2 aliphatic rings. The number of aliphatic carboxylic acids is 1. The number of carbonyl (C=O) groups excluding carboxylic acids is 1. The molecule has 2 N–H and O–H groups in total. The summed E-state index contributed by atoms with van der Waals surface area (Å²) in [6.45, 7) is 2.56. The van der Waals surface area contributed by atoms with E-state index in [1.807, 2.05) is 0 Å². The highest BCUT2D eigenvalue weighted by Crippen LogP contribution is 2.27. The molecule has 1 aliphatic carbocycles. The maximum Gasteiger partial charge on any atom is 0.303 e. The van der Waals surface area contributed by atoms with E-state index >= 15 is 0 Å². The first kappa shape index (κ1) is 11.4. The van der Waals surface area contributed by atoms with Gasteiger partial charge in [-0.1, -0.05) is 0 Å². The van der Waals surface area contributed by atoms with Crippen molar-refractivity contribution in [1.29, 1.82) is 0 Å². The van der Waals surface area contributed by atoms with Crippen molar-refractivity contribution < 1.29 is 14.7 Å². The van der Waals surface area contributed by atoms with Gasteiger partial charge in [0.05, 0.1) is 13.0 Å². The van der Waals surface area contributed by atoms with Gasteiger partial charge in [-0.05, 0) is 25.3 Å². The molecule has 0 bridgehead atoms. The van der Waals surface area contributed by atoms with Gasteiger partial charge < -0.3 is 15.3 Å². The van der Waals surface area contributed by atoms with Crippen molar-refractivity contribution in [2.45, 2.75) is 19.3 Å². The van der Waals surface area contributed by atoms with Crippen LogP contribution in [0.25, 0.3) is 0 Å². The Morgan fingerprint density at radius 1 is 1.25 bits per heavy atom. The number of carboxylic acid groups (broad SMARTS) is 1. The molecule has 0 aromatic carbocycles. The van der Waals surface area contributed by atoms with Crippen molar-refractivity contribution in [3.8, 4) is 0 Å². The highest BCUT2D eigenvalue weighted by Gasteiger charge is 2.31. The number of likely N-dealkylation sites (tertiary alicyclic amines) is 1. The molecule has 1 saturated heterocycles. The number of hydrogen-bond acceptors (Lipinski definition) is 3. The predicted molar refractivity (Wildman–Crippen MR) is 57.9 cm³/mol. The Balaban J connectivity index is 1.55. The zero-order valence-corrected chi connectivity index (χ0v) is 9.32. The highest BCUT2D eigenvalue weighted by molar-refractivity contribution is 5.79. The predicted octanol–water partition coefficient (Wildman–Crippen LogP) is -0.0809. The van der Waals surface area contributed by atoms with Crippen LogP contribution in [0.5, 0.6) is 0 Å². The molecule has 0 radical (unpaired) electrons. The molecule has 0 atom stereocenters. The quantitative estimate of drug-likeness (QED) is 0.664. The number of rotatable bonds is 6. The Hall–Kier alpha value is -1.10. The molecule has 1 aliphatic heterocycles. The van der Waals surface area contributed by atoms with Crippen LogP contribution in [0.15, 0.2) is 0 Å². The van der Waals surface area contributed by atoms with Crippen LogP contribution in [0.3, 0.4) is 0 Å². The molecule has 1 saturated carbocycles. The third kappa shape index (κ3) is 3.20. The highest BCUT2D eigenvalue weighted by atomic mass is 16.4. The van der Waals surface area contributed by atoms with E-state index in [1.165, 1.54) is 12.8 Å². The lowest BCUT2D eigenvalue weighted by atomic mass is 9.96. The second-order valence-electron chi connectivity index (χ2n) is 4.84. The summed E-state index contributed by atoms with van der Waals surface area (Å²) in [5.74, 6) is 0.264. The molecule has 0 spiro atoms. The zero-order valence-electron chi connectivity index (χ0n) is 9.32. The van der Waals surface area contributed by atoms with Crippen LogP contribution in [-0.2, 0) is 9.59 Å². The van der Waals surface area contributed by atoms with Gasteiger partial charge in [0.1, 0.15) is 0 Å². The maximum atomic E-state index is 11.6. The molecule has 2 rings (SSSR count). The van der Waals surface area contributed by atoms with Gasteiger partial charge in [-0.15, -0.1) is 0 Å². The smallest absolute Gasteiger partial charge is 0.303 e. The van der Waals surface area contributed by atoms with Crippen LogP contribution in [0.2, 0.25) is 0 Å². The number of nitrogens with zero attached hydrogens (tertiary/aromatic N) is 1. The van der Waals surface area contributed by atoms with Crippen molar-refractivity contribution in [2.24, 2.45) is 11.8 Å². The summed E-state index contributed by atoms with van der Waals surface area (Å²) in [6.07, 6.45) is 2.75. The number of hydrogen-bond donors (Lipinski definition) is 2. The normalized spacial score (nSPS) is 20.6. The van der Waals surface area contributed by atoms with Crippen molar-refractivity contribution in [1.82, 2.24) is 10.2 Å². The molecule has 90 valence electrons. The zero-order chi connectivity index (χ0) is 11.5. The summed E-state index contributed by atoms with van der Waals surface area (Å²) >= 11 is 0. The van der Waals surface area contributed by atoms with Gasteiger partial charge in [-0.3, -0.25) is 9.59 Å². The molecular formula is C11H18N2O3. The van der Waals surface area contributed by atoms with E-state index < -0.39 is 5.97 Å². The Bertz CT molecular complexity index is 283. The lowest BCUT2D eigenvalue weighted by Crippen LogP contribution is -2.53. The minimum absolute atomic E-state index is 0.0993. The van der Waals surface area contributed by atoms with Crippen LogP contribution in [-0.4, -0.2) is 48.1 Å². The minimum Gasteiger partial charge on any atom is -0.481 e. The molecule has 5 heteroatoms. The molecule has 0 unspecified atom stereocenters. The molecule has 5 nitrogen and oxygen atoms in total. The lowest BCUT2D eigenvalue weighted by molar-refractivity contribution is -0.144. The van der Waals surface area contributed by atoms with E-state index in [9.17, 15) is 9.59 Å². The standard InChI is InChI=1S/C11H18N2O3/c14-10(5-12-4-8-1-2-8)13-6-9(7-13)3-11(15)16/h8-9,12H,1-7H2,(H,15,16). The van der Waals surface area contributed by atoms with Gasteiger partial charge in [0.25, 0.3) is 0 Å². The Kier molecular flexibility index (Phi) is 3.43. The van der Waals surface area contributed by atoms with Crippen molar-refractivity contribution >= 4 is 11.9 Å². The summed E-state index contributed by atoms with van der Waals surface area (Å²) in [4.78, 5) is 23.7. The SMILES string of the molecule is O=C(O)CC1CN(C(=O)CNCC2CC2)C1. The van der Waals surface area contributed by atoms with Gasteiger partial charge in [-0.25, -0.2) is 0 Å². The van der Waals surface area contributed by atoms with Crippen LogP contribution < -0.4 is 5.32 Å². The van der Waals surface area contributed by atoms with Crippen molar-refractivity contribution in [3.63, 3.8) is 0 Å². The fraction of sp³-hybridized carbons (Fsp3) is 0.818. The van der Waals surface area contributed by atoms with Gasteiger partial charge in [-0.2, -0.15) is 0 Å². The molecule has 16 heavy (non-hydrogen) atoms. The Labute approximate surface area is 94.8 Å². The number of carbonyl (C=O) groups is 2. The molecular weight excluding hydrogens is 208 g/mol. The first-order valence-corrected chi connectivity index (χ1v) is 5.85. The average Bonchev–Trinajstić information content (AvgIpc) is 2.93. The van der Waals surface area contributed by atoms with Crippen molar-refractivity contribution in [2.75, 3.05) is 26.2 Å². The second kappa shape index (κ2) is 4.82. The summed E-state index contributed by atoms with van der Waals surface area (Å²) < 4.78 is 0. The van der Waals surface area contributed by atoms with Crippen LogP contribution in [0.4, 0.5) is 0 Å². The van der Waals surface area contributed by atoms with E-state index in [2.05, 4.69) is 5.32 Å². The Morgan fingerprint density at radius 3 is 2.50 bits per heavy atom. The summed E-state index contributed by atoms with van der Waals surface area (Å²) in [5.41, 5.74) is 0. The number of amides is 1. The van der Waals surface area contributed by atoms with Gasteiger partial charge in [0, 0.05) is 19.0 Å². The maximum absolute atomic E-state index is 11.6. The fourth-order valence-electron chi connectivity index (χ4n) is 1.97. The summed E-state index contributed by atoms with van der Waals surface area (Å²) in [6, 6.07) is 0. The topological polar surface area (TPSA) is 69.6 Å². The number of carboxylic acids is 1.